The van der Waals surface area contributed by atoms with Gasteiger partial charge >= 0.3 is 0 Å². The number of ether oxygens (including phenoxy) is 2. The quantitative estimate of drug-likeness (QED) is 0.831. The first-order valence-electron chi connectivity index (χ1n) is 6.99. The highest BCUT2D eigenvalue weighted by Crippen LogP contribution is 2.33. The molecule has 0 bridgehead atoms. The number of hydrogen-bond acceptors (Lipinski definition) is 3. The molecular formula is C17H17BrFNO3. The Hall–Kier alpha value is -2.08. The van der Waals surface area contributed by atoms with Crippen LogP contribution in [0.5, 0.6) is 11.5 Å². The second-order valence-corrected chi connectivity index (χ2v) is 5.67. The van der Waals surface area contributed by atoms with E-state index in [0.29, 0.717) is 30.0 Å². The molecule has 0 atom stereocenters. The molecule has 0 unspecified atom stereocenters. The maximum atomic E-state index is 13.1. The summed E-state index contributed by atoms with van der Waals surface area (Å²) in [6.45, 7) is 0.420. The Labute approximate surface area is 142 Å². The SMILES string of the molecule is COc1cc(Br)c(CCNC(=O)c2cccc(F)c2)cc1OC. The van der Waals surface area contributed by atoms with Crippen LogP contribution in [0.4, 0.5) is 4.39 Å². The molecule has 2 aromatic carbocycles. The van der Waals surface area contributed by atoms with Gasteiger partial charge in [-0.1, -0.05) is 22.0 Å². The summed E-state index contributed by atoms with van der Waals surface area (Å²) in [6.07, 6.45) is 0.599. The van der Waals surface area contributed by atoms with Gasteiger partial charge in [0.25, 0.3) is 5.91 Å². The molecule has 4 nitrogen and oxygen atoms in total. The van der Waals surface area contributed by atoms with E-state index in [1.54, 1.807) is 20.3 Å². The van der Waals surface area contributed by atoms with E-state index in [2.05, 4.69) is 21.2 Å². The van der Waals surface area contributed by atoms with E-state index in [1.165, 1.54) is 18.2 Å². The largest absolute Gasteiger partial charge is 0.493 e. The van der Waals surface area contributed by atoms with Crippen LogP contribution in [0, 0.1) is 5.82 Å². The number of nitrogens with one attached hydrogen (secondary N) is 1. The lowest BCUT2D eigenvalue weighted by Crippen LogP contribution is -2.25. The zero-order valence-corrected chi connectivity index (χ0v) is 14.4. The first-order valence-corrected chi connectivity index (χ1v) is 7.78. The topological polar surface area (TPSA) is 47.6 Å². The van der Waals surface area contributed by atoms with E-state index in [9.17, 15) is 9.18 Å². The third kappa shape index (κ3) is 4.45. The molecule has 0 spiro atoms. The fraction of sp³-hybridized carbons (Fsp3) is 0.235. The van der Waals surface area contributed by atoms with Crippen LogP contribution in [0.2, 0.25) is 0 Å². The van der Waals surface area contributed by atoms with Crippen molar-refractivity contribution in [2.45, 2.75) is 6.42 Å². The molecule has 2 rings (SSSR count). The molecule has 6 heteroatoms. The molecule has 2 aromatic rings. The van der Waals surface area contributed by atoms with E-state index in [4.69, 9.17) is 9.47 Å². The molecule has 0 aliphatic rings. The van der Waals surface area contributed by atoms with Crippen LogP contribution in [0.25, 0.3) is 0 Å². The van der Waals surface area contributed by atoms with Crippen molar-refractivity contribution >= 4 is 21.8 Å². The Morgan fingerprint density at radius 3 is 2.52 bits per heavy atom. The summed E-state index contributed by atoms with van der Waals surface area (Å²) in [6, 6.07) is 9.28. The predicted molar refractivity (Wildman–Crippen MR) is 89.7 cm³/mol. The molecule has 0 aliphatic carbocycles. The van der Waals surface area contributed by atoms with Crippen LogP contribution >= 0.6 is 15.9 Å². The van der Waals surface area contributed by atoms with E-state index < -0.39 is 5.82 Å². The Bertz CT molecular complexity index is 706. The molecule has 0 fully saturated rings. The van der Waals surface area contributed by atoms with Gasteiger partial charge in [-0.25, -0.2) is 4.39 Å². The van der Waals surface area contributed by atoms with Crippen LogP contribution in [0.3, 0.4) is 0 Å². The fourth-order valence-corrected chi connectivity index (χ4v) is 2.65. The van der Waals surface area contributed by atoms with Crippen molar-refractivity contribution in [3.63, 3.8) is 0 Å². The van der Waals surface area contributed by atoms with E-state index in [-0.39, 0.29) is 5.91 Å². The molecule has 1 amide bonds. The molecule has 0 aromatic heterocycles. The number of carbonyl (C=O) groups excluding carboxylic acids is 1. The van der Waals surface area contributed by atoms with Crippen molar-refractivity contribution in [3.8, 4) is 11.5 Å². The second-order valence-electron chi connectivity index (χ2n) is 4.81. The van der Waals surface area contributed by atoms with Gasteiger partial charge in [-0.2, -0.15) is 0 Å². The predicted octanol–water partition coefficient (Wildman–Crippen LogP) is 3.58. The molecule has 0 aliphatic heterocycles. The standard InChI is InChI=1S/C17H17BrFNO3/c1-22-15-9-11(14(18)10-16(15)23-2)6-7-20-17(21)12-4-3-5-13(19)8-12/h3-5,8-10H,6-7H2,1-2H3,(H,20,21). The smallest absolute Gasteiger partial charge is 0.251 e. The number of methoxy groups -OCH3 is 2. The van der Waals surface area contributed by atoms with Gasteiger partial charge in [-0.05, 0) is 42.3 Å². The first kappa shape index (κ1) is 17.3. The minimum atomic E-state index is -0.430. The fourth-order valence-electron chi connectivity index (χ4n) is 2.13. The third-order valence-corrected chi connectivity index (χ3v) is 4.06. The van der Waals surface area contributed by atoms with Gasteiger partial charge < -0.3 is 14.8 Å². The van der Waals surface area contributed by atoms with Gasteiger partial charge in [0.15, 0.2) is 11.5 Å². The lowest BCUT2D eigenvalue weighted by atomic mass is 10.1. The molecule has 0 radical (unpaired) electrons. The third-order valence-electron chi connectivity index (χ3n) is 3.32. The summed E-state index contributed by atoms with van der Waals surface area (Å²) in [7, 11) is 3.14. The lowest BCUT2D eigenvalue weighted by Gasteiger charge is -2.12. The molecule has 23 heavy (non-hydrogen) atoms. The number of halogens is 2. The number of amides is 1. The van der Waals surface area contributed by atoms with Crippen molar-refractivity contribution in [1.82, 2.24) is 5.32 Å². The van der Waals surface area contributed by atoms with Gasteiger partial charge in [0.2, 0.25) is 0 Å². The summed E-state index contributed by atoms with van der Waals surface area (Å²) >= 11 is 3.48. The monoisotopic (exact) mass is 381 g/mol. The first-order chi connectivity index (χ1) is 11.0. The van der Waals surface area contributed by atoms with E-state index >= 15 is 0 Å². The highest BCUT2D eigenvalue weighted by atomic mass is 79.9. The summed E-state index contributed by atoms with van der Waals surface area (Å²) in [5.41, 5.74) is 1.28. The van der Waals surface area contributed by atoms with E-state index in [1.807, 2.05) is 12.1 Å². The average molecular weight is 382 g/mol. The Morgan fingerprint density at radius 2 is 1.87 bits per heavy atom. The van der Waals surface area contributed by atoms with Crippen molar-refractivity contribution in [3.05, 3.63) is 57.8 Å². The molecule has 0 saturated carbocycles. The normalized spacial score (nSPS) is 10.3. The zero-order valence-electron chi connectivity index (χ0n) is 12.9. The van der Waals surface area contributed by atoms with Crippen molar-refractivity contribution < 1.29 is 18.7 Å². The highest BCUT2D eigenvalue weighted by molar-refractivity contribution is 9.10. The Balaban J connectivity index is 2.00. The van der Waals surface area contributed by atoms with Gasteiger partial charge in [0, 0.05) is 16.6 Å². The van der Waals surface area contributed by atoms with Gasteiger partial charge in [-0.15, -0.1) is 0 Å². The number of benzene rings is 2. The van der Waals surface area contributed by atoms with Crippen LogP contribution in [-0.2, 0) is 6.42 Å². The van der Waals surface area contributed by atoms with Crippen molar-refractivity contribution in [1.29, 1.82) is 0 Å². The minimum Gasteiger partial charge on any atom is -0.493 e. The van der Waals surface area contributed by atoms with Gasteiger partial charge in [0.1, 0.15) is 5.82 Å². The summed E-state index contributed by atoms with van der Waals surface area (Å²) < 4.78 is 24.5. The molecular weight excluding hydrogens is 365 g/mol. The molecule has 0 saturated heterocycles. The summed E-state index contributed by atoms with van der Waals surface area (Å²) in [5, 5.41) is 2.77. The van der Waals surface area contributed by atoms with Gasteiger partial charge in [-0.3, -0.25) is 4.79 Å². The second kappa shape index (κ2) is 7.97. The minimum absolute atomic E-state index is 0.302. The van der Waals surface area contributed by atoms with Crippen molar-refractivity contribution in [2.75, 3.05) is 20.8 Å². The highest BCUT2D eigenvalue weighted by Gasteiger charge is 2.10. The maximum Gasteiger partial charge on any atom is 0.251 e. The van der Waals surface area contributed by atoms with Crippen LogP contribution < -0.4 is 14.8 Å². The number of hydrogen-bond donors (Lipinski definition) is 1. The molecule has 1 N–H and O–H groups in total. The van der Waals surface area contributed by atoms with E-state index in [0.717, 1.165) is 10.0 Å². The number of carbonyl (C=O) groups is 1. The maximum absolute atomic E-state index is 13.1. The van der Waals surface area contributed by atoms with Crippen molar-refractivity contribution in [2.24, 2.45) is 0 Å². The number of rotatable bonds is 6. The van der Waals surface area contributed by atoms with Crippen LogP contribution in [-0.4, -0.2) is 26.7 Å². The van der Waals surface area contributed by atoms with Crippen LogP contribution in [0.1, 0.15) is 15.9 Å². The van der Waals surface area contributed by atoms with Gasteiger partial charge in [0.05, 0.1) is 14.2 Å². The van der Waals surface area contributed by atoms with Crippen LogP contribution in [0.15, 0.2) is 40.9 Å². The zero-order chi connectivity index (χ0) is 16.8. The summed E-state index contributed by atoms with van der Waals surface area (Å²) in [4.78, 5) is 12.0. The Kier molecular flexibility index (Phi) is 5.98. The average Bonchev–Trinajstić information content (AvgIpc) is 2.55. The molecule has 0 heterocycles. The lowest BCUT2D eigenvalue weighted by molar-refractivity contribution is 0.0953. The molecule has 122 valence electrons. The summed E-state index contributed by atoms with van der Waals surface area (Å²) in [5.74, 6) is 0.524. The Morgan fingerprint density at radius 1 is 1.17 bits per heavy atom.